The van der Waals surface area contributed by atoms with E-state index in [-0.39, 0.29) is 18.1 Å². The Balaban J connectivity index is 1.57. The van der Waals surface area contributed by atoms with Crippen molar-refractivity contribution in [3.05, 3.63) is 54.1 Å². The molecule has 2 aromatic rings. The smallest absolute Gasteiger partial charge is 0.308 e. The number of esters is 1. The molecule has 0 aliphatic carbocycles. The molecule has 1 heterocycles. The predicted molar refractivity (Wildman–Crippen MR) is 107 cm³/mol. The Hall–Kier alpha value is -2.80. The zero-order valence-electron chi connectivity index (χ0n) is 15.6. The van der Waals surface area contributed by atoms with Gasteiger partial charge in [-0.15, -0.1) is 11.8 Å². The van der Waals surface area contributed by atoms with E-state index in [0.717, 1.165) is 10.6 Å². The van der Waals surface area contributed by atoms with E-state index in [0.29, 0.717) is 17.9 Å². The third kappa shape index (κ3) is 4.72. The molecule has 1 aliphatic rings. The minimum atomic E-state index is -0.936. The number of anilines is 1. The van der Waals surface area contributed by atoms with E-state index in [9.17, 15) is 14.4 Å². The van der Waals surface area contributed by atoms with Crippen LogP contribution in [0.5, 0.6) is 5.75 Å². The SMILES string of the molecule is CCOc1ccc(C(=O)[C@H](C)OC(=O)C[C@@H]2Sc3ccccc3NC2=O)cc1. The fourth-order valence-electron chi connectivity index (χ4n) is 2.79. The van der Waals surface area contributed by atoms with Crippen molar-refractivity contribution in [2.45, 2.75) is 36.5 Å². The number of rotatable bonds is 7. The van der Waals surface area contributed by atoms with Gasteiger partial charge in [-0.2, -0.15) is 0 Å². The summed E-state index contributed by atoms with van der Waals surface area (Å²) in [7, 11) is 0. The van der Waals surface area contributed by atoms with Gasteiger partial charge in [0, 0.05) is 10.5 Å². The molecule has 6 nitrogen and oxygen atoms in total. The number of fused-ring (bicyclic) bond motifs is 1. The summed E-state index contributed by atoms with van der Waals surface area (Å²) in [5, 5.41) is 2.20. The zero-order valence-corrected chi connectivity index (χ0v) is 16.5. The van der Waals surface area contributed by atoms with Gasteiger partial charge in [0.25, 0.3) is 0 Å². The molecule has 2 aromatic carbocycles. The van der Waals surface area contributed by atoms with Crippen LogP contribution in [0.2, 0.25) is 0 Å². The number of carbonyl (C=O) groups is 3. The first kappa shape index (κ1) is 19.9. The maximum Gasteiger partial charge on any atom is 0.308 e. The number of thioether (sulfide) groups is 1. The van der Waals surface area contributed by atoms with Gasteiger partial charge in [-0.25, -0.2) is 0 Å². The molecule has 1 amide bonds. The molecule has 0 unspecified atom stereocenters. The zero-order chi connectivity index (χ0) is 20.1. The summed E-state index contributed by atoms with van der Waals surface area (Å²) in [6.07, 6.45) is -1.04. The molecule has 0 saturated heterocycles. The fourth-order valence-corrected chi connectivity index (χ4v) is 3.89. The summed E-state index contributed by atoms with van der Waals surface area (Å²) in [4.78, 5) is 37.8. The first-order valence-electron chi connectivity index (χ1n) is 9.01. The third-order valence-electron chi connectivity index (χ3n) is 4.19. The fraction of sp³-hybridized carbons (Fsp3) is 0.286. The Morgan fingerprint density at radius 1 is 1.14 bits per heavy atom. The highest BCUT2D eigenvalue weighted by Gasteiger charge is 2.30. The van der Waals surface area contributed by atoms with Crippen LogP contribution < -0.4 is 10.1 Å². The van der Waals surface area contributed by atoms with E-state index in [2.05, 4.69) is 5.32 Å². The van der Waals surface area contributed by atoms with Crippen molar-refractivity contribution >= 4 is 35.1 Å². The lowest BCUT2D eigenvalue weighted by Crippen LogP contribution is -2.33. The standard InChI is InChI=1S/C21H21NO5S/c1-3-26-15-10-8-14(9-11-15)20(24)13(2)27-19(23)12-18-21(25)22-16-6-4-5-7-17(16)28-18/h4-11,13,18H,3,12H2,1-2H3,(H,22,25)/t13-,18-/m0/s1. The number of nitrogens with one attached hydrogen (secondary N) is 1. The van der Waals surface area contributed by atoms with E-state index in [1.807, 2.05) is 31.2 Å². The molecule has 1 N–H and O–H groups in total. The molecule has 146 valence electrons. The first-order chi connectivity index (χ1) is 13.5. The van der Waals surface area contributed by atoms with Gasteiger partial charge in [0.15, 0.2) is 6.10 Å². The lowest BCUT2D eigenvalue weighted by molar-refractivity contribution is -0.147. The van der Waals surface area contributed by atoms with Crippen molar-refractivity contribution < 1.29 is 23.9 Å². The van der Waals surface area contributed by atoms with Crippen molar-refractivity contribution in [1.82, 2.24) is 0 Å². The Morgan fingerprint density at radius 2 is 1.86 bits per heavy atom. The van der Waals surface area contributed by atoms with Crippen LogP contribution >= 0.6 is 11.8 Å². The summed E-state index contributed by atoms with van der Waals surface area (Å²) >= 11 is 1.32. The number of ether oxygens (including phenoxy) is 2. The molecule has 7 heteroatoms. The van der Waals surface area contributed by atoms with Gasteiger partial charge in [-0.05, 0) is 50.2 Å². The average Bonchev–Trinajstić information content (AvgIpc) is 2.68. The number of ketones is 1. The molecular formula is C21H21NO5S. The van der Waals surface area contributed by atoms with Crippen molar-refractivity contribution in [2.75, 3.05) is 11.9 Å². The van der Waals surface area contributed by atoms with Gasteiger partial charge in [0.1, 0.15) is 5.75 Å². The number of Topliss-reactive ketones (excluding diaryl/α,β-unsaturated/α-hetero) is 1. The normalized spacial score (nSPS) is 16.5. The second-order valence-corrected chi connectivity index (χ2v) is 7.49. The van der Waals surface area contributed by atoms with Gasteiger partial charge >= 0.3 is 5.97 Å². The summed E-state index contributed by atoms with van der Waals surface area (Å²) < 4.78 is 10.6. The minimum absolute atomic E-state index is 0.105. The molecule has 0 aromatic heterocycles. The van der Waals surface area contributed by atoms with Crippen LogP contribution in [0.25, 0.3) is 0 Å². The summed E-state index contributed by atoms with van der Waals surface area (Å²) in [6.45, 7) is 3.95. The van der Waals surface area contributed by atoms with E-state index in [1.165, 1.54) is 18.7 Å². The maximum absolute atomic E-state index is 12.5. The van der Waals surface area contributed by atoms with Crippen LogP contribution in [0.15, 0.2) is 53.4 Å². The number of para-hydroxylation sites is 1. The molecule has 0 fully saturated rings. The highest BCUT2D eigenvalue weighted by atomic mass is 32.2. The summed E-state index contributed by atoms with van der Waals surface area (Å²) in [5.41, 5.74) is 1.17. The molecule has 0 bridgehead atoms. The van der Waals surface area contributed by atoms with Crippen LogP contribution in [-0.2, 0) is 14.3 Å². The number of amides is 1. The van der Waals surface area contributed by atoms with E-state index in [4.69, 9.17) is 9.47 Å². The molecule has 0 radical (unpaired) electrons. The van der Waals surface area contributed by atoms with Crippen molar-refractivity contribution in [2.24, 2.45) is 0 Å². The predicted octanol–water partition coefficient (Wildman–Crippen LogP) is 3.70. The quantitative estimate of drug-likeness (QED) is 0.565. The molecule has 0 spiro atoms. The van der Waals surface area contributed by atoms with Gasteiger partial charge < -0.3 is 14.8 Å². The highest BCUT2D eigenvalue weighted by molar-refractivity contribution is 8.01. The van der Waals surface area contributed by atoms with Crippen LogP contribution in [0, 0.1) is 0 Å². The van der Waals surface area contributed by atoms with Crippen LogP contribution in [0.1, 0.15) is 30.6 Å². The van der Waals surface area contributed by atoms with E-state index >= 15 is 0 Å². The van der Waals surface area contributed by atoms with Gasteiger partial charge in [0.2, 0.25) is 11.7 Å². The van der Waals surface area contributed by atoms with Gasteiger partial charge in [-0.1, -0.05) is 12.1 Å². The molecule has 1 aliphatic heterocycles. The third-order valence-corrected chi connectivity index (χ3v) is 5.46. The first-order valence-corrected chi connectivity index (χ1v) is 9.89. The second kappa shape index (κ2) is 8.93. The molecule has 3 rings (SSSR count). The Kier molecular flexibility index (Phi) is 6.36. The lowest BCUT2D eigenvalue weighted by atomic mass is 10.1. The maximum atomic E-state index is 12.5. The summed E-state index contributed by atoms with van der Waals surface area (Å²) in [6, 6.07) is 14.1. The van der Waals surface area contributed by atoms with Crippen LogP contribution in [-0.4, -0.2) is 35.6 Å². The number of hydrogen-bond acceptors (Lipinski definition) is 6. The Morgan fingerprint density at radius 3 is 2.57 bits per heavy atom. The van der Waals surface area contributed by atoms with E-state index in [1.54, 1.807) is 24.3 Å². The number of hydrogen-bond donors (Lipinski definition) is 1. The molecule has 28 heavy (non-hydrogen) atoms. The number of benzene rings is 2. The monoisotopic (exact) mass is 399 g/mol. The van der Waals surface area contributed by atoms with Crippen LogP contribution in [0.3, 0.4) is 0 Å². The van der Waals surface area contributed by atoms with Crippen LogP contribution in [0.4, 0.5) is 5.69 Å². The van der Waals surface area contributed by atoms with Gasteiger partial charge in [0.05, 0.1) is 24.0 Å². The van der Waals surface area contributed by atoms with Crippen molar-refractivity contribution in [3.63, 3.8) is 0 Å². The molecule has 2 atom stereocenters. The van der Waals surface area contributed by atoms with Gasteiger partial charge in [-0.3, -0.25) is 14.4 Å². The largest absolute Gasteiger partial charge is 0.494 e. The lowest BCUT2D eigenvalue weighted by Gasteiger charge is -2.23. The minimum Gasteiger partial charge on any atom is -0.494 e. The second-order valence-electron chi connectivity index (χ2n) is 6.25. The highest BCUT2D eigenvalue weighted by Crippen LogP contribution is 2.36. The molecular weight excluding hydrogens is 378 g/mol. The van der Waals surface area contributed by atoms with Crippen molar-refractivity contribution in [1.29, 1.82) is 0 Å². The topological polar surface area (TPSA) is 81.7 Å². The van der Waals surface area contributed by atoms with E-state index < -0.39 is 17.3 Å². The summed E-state index contributed by atoms with van der Waals surface area (Å²) in [5.74, 6) is -0.461. The van der Waals surface area contributed by atoms with Crippen molar-refractivity contribution in [3.8, 4) is 5.75 Å². The average molecular weight is 399 g/mol. The Bertz CT molecular complexity index is 881. The number of carbonyl (C=O) groups excluding carboxylic acids is 3. The molecule has 0 saturated carbocycles. The Labute approximate surface area is 167 Å².